The average Bonchev–Trinajstić information content (AvgIpc) is 2.03. The molecule has 0 saturated heterocycles. The van der Waals surface area contributed by atoms with E-state index < -0.39 is 0 Å². The van der Waals surface area contributed by atoms with Crippen LogP contribution in [0.5, 0.6) is 0 Å². The molecule has 0 aliphatic heterocycles. The van der Waals surface area contributed by atoms with Crippen LogP contribution in [-0.4, -0.2) is 29.6 Å². The quantitative estimate of drug-likeness (QED) is 0.393. The van der Waals surface area contributed by atoms with E-state index in [0.717, 1.165) is 6.42 Å². The molecular weight excluding hydrogens is 155 g/mol. The van der Waals surface area contributed by atoms with Crippen LogP contribution in [0.4, 0.5) is 0 Å². The van der Waals surface area contributed by atoms with Crippen molar-refractivity contribution in [3.63, 3.8) is 0 Å². The van der Waals surface area contributed by atoms with Crippen molar-refractivity contribution < 1.29 is 0 Å². The fraction of sp³-hybridized carbons (Fsp3) is 0.818. The number of allylic oxidation sites excluding steroid dienone is 1. The molecule has 0 rings (SSSR count). The zero-order chi connectivity index (χ0) is 8.36. The van der Waals surface area contributed by atoms with Gasteiger partial charge in [-0.05, 0) is 12.8 Å². The van der Waals surface area contributed by atoms with Gasteiger partial charge in [-0.3, -0.25) is 0 Å². The first-order chi connectivity index (χ1) is 5.41. The first-order valence-electron chi connectivity index (χ1n) is 4.95. The molecular formula is C11H22Na. The van der Waals surface area contributed by atoms with Crippen LogP contribution < -0.4 is 0 Å². The topological polar surface area (TPSA) is 0 Å². The molecule has 0 unspecified atom stereocenters. The minimum absolute atomic E-state index is 0. The maximum atomic E-state index is 5.27. The van der Waals surface area contributed by atoms with E-state index >= 15 is 0 Å². The zero-order valence-corrected chi connectivity index (χ0v) is 7.81. The molecule has 0 heterocycles. The molecule has 0 aliphatic rings. The van der Waals surface area contributed by atoms with Crippen LogP contribution in [-0.2, 0) is 0 Å². The summed E-state index contributed by atoms with van der Waals surface area (Å²) in [4.78, 5) is 0. The number of unbranched alkanes of at least 4 members (excludes halogenated alkanes) is 7. The van der Waals surface area contributed by atoms with Gasteiger partial charge >= 0.3 is 29.6 Å². The van der Waals surface area contributed by atoms with Crippen molar-refractivity contribution in [3.05, 3.63) is 12.7 Å². The molecule has 1 heteroatoms. The molecule has 0 aromatic carbocycles. The third kappa shape index (κ3) is 13.3. The Bertz CT molecular complexity index is 79.1. The molecule has 0 saturated carbocycles. The van der Waals surface area contributed by atoms with E-state index in [9.17, 15) is 0 Å². The molecule has 0 aliphatic carbocycles. The normalized spacial score (nSPS) is 9.08. The predicted molar refractivity (Wildman–Crippen MR) is 58.6 cm³/mol. The van der Waals surface area contributed by atoms with E-state index in [4.69, 9.17) is 6.58 Å². The fourth-order valence-electron chi connectivity index (χ4n) is 1.22. The van der Waals surface area contributed by atoms with E-state index in [-0.39, 0.29) is 29.6 Å². The molecule has 0 aromatic rings. The molecule has 0 nitrogen and oxygen atoms in total. The van der Waals surface area contributed by atoms with Gasteiger partial charge in [0.25, 0.3) is 0 Å². The number of rotatable bonds is 8. The molecule has 0 bridgehead atoms. The van der Waals surface area contributed by atoms with Crippen LogP contribution in [0.3, 0.4) is 0 Å². The fourth-order valence-corrected chi connectivity index (χ4v) is 1.22. The molecule has 0 fully saturated rings. The summed E-state index contributed by atoms with van der Waals surface area (Å²) in [5.74, 6) is 0. The van der Waals surface area contributed by atoms with Crippen LogP contribution in [0.15, 0.2) is 6.08 Å². The van der Waals surface area contributed by atoms with Gasteiger partial charge in [0.2, 0.25) is 0 Å². The third-order valence-corrected chi connectivity index (χ3v) is 1.97. The van der Waals surface area contributed by atoms with E-state index in [2.05, 4.69) is 6.92 Å². The van der Waals surface area contributed by atoms with Crippen molar-refractivity contribution in [2.24, 2.45) is 0 Å². The zero-order valence-electron chi connectivity index (χ0n) is 7.81. The molecule has 0 amide bonds. The monoisotopic (exact) mass is 177 g/mol. The van der Waals surface area contributed by atoms with Crippen molar-refractivity contribution in [2.75, 3.05) is 0 Å². The molecule has 67 valence electrons. The standard InChI is InChI=1S/C11H21.Na.H/c1-3-5-7-9-11-10-8-6-4-2;;/h1,3H,4-11H2,2H3;;. The Kier molecular flexibility index (Phi) is 18.1. The minimum atomic E-state index is 0. The molecule has 1 radical (unpaired) electrons. The second kappa shape index (κ2) is 14.3. The Balaban J connectivity index is 0. The second-order valence-corrected chi connectivity index (χ2v) is 3.15. The summed E-state index contributed by atoms with van der Waals surface area (Å²) >= 11 is 0. The second-order valence-electron chi connectivity index (χ2n) is 3.15. The van der Waals surface area contributed by atoms with Crippen molar-refractivity contribution in [1.29, 1.82) is 0 Å². The van der Waals surface area contributed by atoms with Gasteiger partial charge in [-0.1, -0.05) is 58.1 Å². The SMILES string of the molecule is [CH]=CCCCCCCCCC.[NaH]. The van der Waals surface area contributed by atoms with Gasteiger partial charge in [-0.2, -0.15) is 0 Å². The summed E-state index contributed by atoms with van der Waals surface area (Å²) in [5, 5.41) is 0. The van der Waals surface area contributed by atoms with Gasteiger partial charge in [0.15, 0.2) is 0 Å². The summed E-state index contributed by atoms with van der Waals surface area (Å²) < 4.78 is 0. The average molecular weight is 177 g/mol. The Morgan fingerprint density at radius 3 is 1.92 bits per heavy atom. The molecule has 0 aromatic heterocycles. The van der Waals surface area contributed by atoms with E-state index in [1.165, 1.54) is 44.9 Å². The summed E-state index contributed by atoms with van der Waals surface area (Å²) in [5.41, 5.74) is 0. The summed E-state index contributed by atoms with van der Waals surface area (Å²) in [6.45, 7) is 7.52. The molecule has 0 spiro atoms. The Labute approximate surface area is 100 Å². The Morgan fingerprint density at radius 2 is 1.42 bits per heavy atom. The molecule has 12 heavy (non-hydrogen) atoms. The van der Waals surface area contributed by atoms with E-state index in [1.54, 1.807) is 6.08 Å². The third-order valence-electron chi connectivity index (χ3n) is 1.97. The van der Waals surface area contributed by atoms with Crippen molar-refractivity contribution in [2.45, 2.75) is 58.3 Å². The Hall–Kier alpha value is 0.740. The Morgan fingerprint density at radius 1 is 0.917 bits per heavy atom. The summed E-state index contributed by atoms with van der Waals surface area (Å²) in [7, 11) is 0. The summed E-state index contributed by atoms with van der Waals surface area (Å²) in [6.07, 6.45) is 12.5. The van der Waals surface area contributed by atoms with Crippen LogP contribution >= 0.6 is 0 Å². The molecule has 0 N–H and O–H groups in total. The van der Waals surface area contributed by atoms with Crippen LogP contribution in [0.2, 0.25) is 0 Å². The van der Waals surface area contributed by atoms with Gasteiger partial charge in [-0.15, -0.1) is 0 Å². The maximum absolute atomic E-state index is 5.27. The number of hydrogen-bond donors (Lipinski definition) is 0. The first kappa shape index (κ1) is 15.2. The first-order valence-corrected chi connectivity index (χ1v) is 4.95. The van der Waals surface area contributed by atoms with E-state index in [0.29, 0.717) is 0 Å². The van der Waals surface area contributed by atoms with Gasteiger partial charge in [0.1, 0.15) is 0 Å². The van der Waals surface area contributed by atoms with Gasteiger partial charge in [0, 0.05) is 0 Å². The predicted octanol–water partition coefficient (Wildman–Crippen LogP) is 3.47. The van der Waals surface area contributed by atoms with Crippen molar-refractivity contribution in [3.8, 4) is 0 Å². The van der Waals surface area contributed by atoms with Gasteiger partial charge in [0.05, 0.1) is 0 Å². The van der Waals surface area contributed by atoms with Crippen molar-refractivity contribution >= 4 is 29.6 Å². The van der Waals surface area contributed by atoms with Gasteiger partial charge < -0.3 is 0 Å². The number of hydrogen-bond acceptors (Lipinski definition) is 0. The van der Waals surface area contributed by atoms with Crippen LogP contribution in [0.25, 0.3) is 0 Å². The molecule has 0 atom stereocenters. The van der Waals surface area contributed by atoms with E-state index in [1.807, 2.05) is 0 Å². The van der Waals surface area contributed by atoms with Crippen molar-refractivity contribution in [1.82, 2.24) is 0 Å². The summed E-state index contributed by atoms with van der Waals surface area (Å²) in [6, 6.07) is 0. The van der Waals surface area contributed by atoms with Gasteiger partial charge in [-0.25, -0.2) is 0 Å². The van der Waals surface area contributed by atoms with Crippen LogP contribution in [0, 0.1) is 6.58 Å². The van der Waals surface area contributed by atoms with Crippen LogP contribution in [0.1, 0.15) is 58.3 Å².